The summed E-state index contributed by atoms with van der Waals surface area (Å²) in [4.78, 5) is 39.8. The van der Waals surface area contributed by atoms with E-state index in [-0.39, 0.29) is 52.1 Å². The Morgan fingerprint density at radius 1 is 0.900 bits per heavy atom. The molecule has 0 bridgehead atoms. The Morgan fingerprint density at radius 2 is 1.56 bits per heavy atom. The third kappa shape index (κ3) is 14.3. The minimum absolute atomic E-state index is 0.0302. The molecular formula is C52H74Cl2O16. The lowest BCUT2D eigenvalue weighted by Crippen LogP contribution is -2.64. The van der Waals surface area contributed by atoms with Gasteiger partial charge in [-0.25, -0.2) is 9.59 Å². The van der Waals surface area contributed by atoms with Crippen molar-refractivity contribution in [1.82, 2.24) is 0 Å². The molecule has 0 aliphatic carbocycles. The lowest BCUT2D eigenvalue weighted by molar-refractivity contribution is -0.333. The standard InChI is InChI=1S/C52H74Cl2O16/c1-14-33-22-26(5)35(56)18-16-15-17-34(23-64-50-30(9)40(57)45(32(11)65-50)67-49(63)37-28(7)38(53)29(8)39(54)41(37)58)48(62)66-36(31(10)55)20-19-25(4)21-27(6)44(33)68-51-43(60)42(59)46(52(12,13)70-51)69-47(61)24(2)3/h15-17,19,21-22,24,30-33,35-36,40,42-46,50-51,55-60H,14,18,20,23H2,1-13H3/b16-15+,25-19+,26-22+,27-21+,34-17+. The molecule has 0 amide bonds. The van der Waals surface area contributed by atoms with Crippen LogP contribution in [0.4, 0.5) is 0 Å². The topological polar surface area (TPSA) is 237 Å². The first-order valence-electron chi connectivity index (χ1n) is 23.8. The summed E-state index contributed by atoms with van der Waals surface area (Å²) in [6, 6.07) is 0. The van der Waals surface area contributed by atoms with E-state index in [4.69, 9.17) is 56.4 Å². The zero-order chi connectivity index (χ0) is 52.7. The number of carbonyl (C=O) groups excluding carboxylic acids is 3. The van der Waals surface area contributed by atoms with Crippen LogP contribution in [0.2, 0.25) is 10.0 Å². The maximum atomic E-state index is 13.9. The molecule has 14 unspecified atom stereocenters. The van der Waals surface area contributed by atoms with Crippen molar-refractivity contribution in [2.24, 2.45) is 17.8 Å². The molecule has 3 aliphatic heterocycles. The number of phenols is 1. The summed E-state index contributed by atoms with van der Waals surface area (Å²) in [5.41, 5.74) is 1.20. The third-order valence-electron chi connectivity index (χ3n) is 13.1. The average Bonchev–Trinajstić information content (AvgIpc) is 3.29. The molecule has 1 aromatic rings. The second kappa shape index (κ2) is 25.3. The van der Waals surface area contributed by atoms with Crippen LogP contribution < -0.4 is 0 Å². The van der Waals surface area contributed by atoms with Crippen LogP contribution in [0.1, 0.15) is 117 Å². The molecule has 0 saturated carbocycles. The number of phenolic OH excluding ortho intramolecular Hbond substituents is 1. The van der Waals surface area contributed by atoms with Crippen molar-refractivity contribution in [3.05, 3.63) is 85.5 Å². The van der Waals surface area contributed by atoms with Crippen molar-refractivity contribution in [2.75, 3.05) is 6.61 Å². The molecule has 6 N–H and O–H groups in total. The molecule has 2 saturated heterocycles. The van der Waals surface area contributed by atoms with Crippen molar-refractivity contribution in [3.63, 3.8) is 0 Å². The smallest absolute Gasteiger partial charge is 0.342 e. The van der Waals surface area contributed by atoms with Crippen molar-refractivity contribution in [1.29, 1.82) is 0 Å². The maximum Gasteiger partial charge on any atom is 0.342 e. The predicted octanol–water partition coefficient (Wildman–Crippen LogP) is 7.20. The highest BCUT2D eigenvalue weighted by Gasteiger charge is 2.53. The molecule has 14 atom stereocenters. The van der Waals surface area contributed by atoms with E-state index in [9.17, 15) is 45.0 Å². The first-order chi connectivity index (χ1) is 32.6. The number of aromatic hydroxyl groups is 1. The molecule has 392 valence electrons. The summed E-state index contributed by atoms with van der Waals surface area (Å²) >= 11 is 12.6. The van der Waals surface area contributed by atoms with Gasteiger partial charge in [0, 0.05) is 23.3 Å². The van der Waals surface area contributed by atoms with E-state index in [1.54, 1.807) is 73.6 Å². The van der Waals surface area contributed by atoms with Crippen LogP contribution in [0.25, 0.3) is 0 Å². The van der Waals surface area contributed by atoms with Crippen molar-refractivity contribution in [3.8, 4) is 5.75 Å². The molecular weight excluding hydrogens is 951 g/mol. The lowest BCUT2D eigenvalue weighted by Gasteiger charge is -2.47. The van der Waals surface area contributed by atoms with Gasteiger partial charge >= 0.3 is 17.9 Å². The number of halogens is 2. The number of allylic oxidation sites excluding steroid dienone is 4. The first-order valence-corrected chi connectivity index (χ1v) is 24.6. The Morgan fingerprint density at radius 3 is 2.17 bits per heavy atom. The number of hydrogen-bond acceptors (Lipinski definition) is 16. The average molecular weight is 1030 g/mol. The Kier molecular flexibility index (Phi) is 21.3. The van der Waals surface area contributed by atoms with Gasteiger partial charge in [-0.1, -0.05) is 86.9 Å². The number of aliphatic hydroxyl groups excluding tert-OH is 5. The van der Waals surface area contributed by atoms with E-state index >= 15 is 0 Å². The van der Waals surface area contributed by atoms with Crippen LogP contribution in [-0.4, -0.2) is 134 Å². The minimum atomic E-state index is -1.59. The van der Waals surface area contributed by atoms with Crippen LogP contribution in [0.5, 0.6) is 5.75 Å². The summed E-state index contributed by atoms with van der Waals surface area (Å²) in [5, 5.41) is 67.0. The summed E-state index contributed by atoms with van der Waals surface area (Å²) in [6.45, 7) is 21.5. The van der Waals surface area contributed by atoms with E-state index in [1.165, 1.54) is 19.9 Å². The summed E-state index contributed by atoms with van der Waals surface area (Å²) in [5.74, 6) is -4.48. The number of benzene rings is 1. The van der Waals surface area contributed by atoms with Crippen LogP contribution >= 0.6 is 23.2 Å². The third-order valence-corrected chi connectivity index (χ3v) is 14.1. The molecule has 4 rings (SSSR count). The Labute approximate surface area is 421 Å². The van der Waals surface area contributed by atoms with Crippen LogP contribution in [0.3, 0.4) is 0 Å². The highest BCUT2D eigenvalue weighted by molar-refractivity contribution is 6.38. The predicted molar refractivity (Wildman–Crippen MR) is 262 cm³/mol. The number of ether oxygens (including phenoxy) is 7. The molecule has 18 heteroatoms. The number of rotatable bonds is 11. The second-order valence-corrected chi connectivity index (χ2v) is 20.3. The SMILES string of the molecule is CCC1/C=C(\C)C(O)C/C=C/C=C(\COC2OC(C)C(OC(=O)c3c(C)c(Cl)c(C)c(Cl)c3O)C(O)C2C)C(=O)OC(C(C)O)C/C=C(C)/C=C(\C)C1OC1OC(C)(C)C(OC(=O)C(C)C)C(O)C1O. The summed E-state index contributed by atoms with van der Waals surface area (Å²) < 4.78 is 42.1. The van der Waals surface area contributed by atoms with Gasteiger partial charge in [-0.3, -0.25) is 4.79 Å². The van der Waals surface area contributed by atoms with Gasteiger partial charge in [0.05, 0.1) is 47.5 Å². The highest BCUT2D eigenvalue weighted by Crippen LogP contribution is 2.41. The van der Waals surface area contributed by atoms with Crippen LogP contribution in [0, 0.1) is 31.6 Å². The van der Waals surface area contributed by atoms with E-state index in [0.717, 1.165) is 5.57 Å². The molecule has 3 heterocycles. The second-order valence-electron chi connectivity index (χ2n) is 19.6. The molecule has 2 fully saturated rings. The first kappa shape index (κ1) is 58.9. The number of aliphatic hydroxyl groups is 5. The van der Waals surface area contributed by atoms with Gasteiger partial charge in [-0.2, -0.15) is 0 Å². The Bertz CT molecular complexity index is 2150. The van der Waals surface area contributed by atoms with Gasteiger partial charge in [0.1, 0.15) is 41.3 Å². The van der Waals surface area contributed by atoms with Crippen molar-refractivity contribution in [2.45, 2.75) is 188 Å². The monoisotopic (exact) mass is 1020 g/mol. The zero-order valence-electron chi connectivity index (χ0n) is 42.5. The quantitative estimate of drug-likeness (QED) is 0.0730. The molecule has 3 aliphatic rings. The molecule has 0 spiro atoms. The fourth-order valence-corrected chi connectivity index (χ4v) is 8.93. The van der Waals surface area contributed by atoms with Crippen molar-refractivity contribution < 1.29 is 78.2 Å². The van der Waals surface area contributed by atoms with E-state index in [0.29, 0.717) is 23.1 Å². The molecule has 1 aromatic carbocycles. The minimum Gasteiger partial charge on any atom is -0.505 e. The van der Waals surface area contributed by atoms with Gasteiger partial charge in [-0.05, 0) is 104 Å². The molecule has 70 heavy (non-hydrogen) atoms. The number of hydrogen-bond donors (Lipinski definition) is 6. The number of carbonyl (C=O) groups is 3. The van der Waals surface area contributed by atoms with Crippen molar-refractivity contribution >= 4 is 41.1 Å². The van der Waals surface area contributed by atoms with Gasteiger partial charge < -0.3 is 63.8 Å². The molecule has 0 aromatic heterocycles. The van der Waals surface area contributed by atoms with Gasteiger partial charge in [0.15, 0.2) is 24.8 Å². The Hall–Kier alpha value is -3.65. The zero-order valence-corrected chi connectivity index (χ0v) is 44.0. The number of cyclic esters (lactones) is 1. The largest absolute Gasteiger partial charge is 0.505 e. The van der Waals surface area contributed by atoms with Gasteiger partial charge in [-0.15, -0.1) is 0 Å². The number of esters is 3. The lowest BCUT2D eigenvalue weighted by atomic mass is 9.88. The van der Waals surface area contributed by atoms with E-state index in [1.807, 2.05) is 32.9 Å². The van der Waals surface area contributed by atoms with E-state index in [2.05, 4.69) is 0 Å². The summed E-state index contributed by atoms with van der Waals surface area (Å²) in [7, 11) is 0. The van der Waals surface area contributed by atoms with Crippen LogP contribution in [0.15, 0.2) is 58.7 Å². The molecule has 16 nitrogen and oxygen atoms in total. The maximum absolute atomic E-state index is 13.9. The van der Waals surface area contributed by atoms with Crippen LogP contribution in [-0.2, 0) is 42.7 Å². The van der Waals surface area contributed by atoms with E-state index < -0.39 is 115 Å². The fraction of sp³-hybridized carbons (Fsp3) is 0.635. The fourth-order valence-electron chi connectivity index (χ4n) is 8.50. The molecule has 0 radical (unpaired) electrons. The Balaban J connectivity index is 1.59. The normalized spacial score (nSPS) is 35.5. The van der Waals surface area contributed by atoms with Gasteiger partial charge in [0.25, 0.3) is 0 Å². The van der Waals surface area contributed by atoms with Gasteiger partial charge in [0.2, 0.25) is 0 Å². The summed E-state index contributed by atoms with van der Waals surface area (Å²) in [6.07, 6.45) is -3.04. The highest BCUT2D eigenvalue weighted by atomic mass is 35.5.